The second-order valence-corrected chi connectivity index (χ2v) is 22.7. The lowest BCUT2D eigenvalue weighted by molar-refractivity contribution is -0.166. The van der Waals surface area contributed by atoms with Crippen LogP contribution in [0.4, 0.5) is 0 Å². The van der Waals surface area contributed by atoms with Crippen LogP contribution in [0.2, 0.25) is 0 Å². The van der Waals surface area contributed by atoms with E-state index < -0.39 is 12.1 Å². The summed E-state index contributed by atoms with van der Waals surface area (Å²) >= 11 is 0. The molecule has 0 N–H and O–H groups in total. The number of hydrogen-bond acceptors (Lipinski definition) is 6. The molecule has 0 radical (unpaired) electrons. The molecular weight excluding hydrogens is 1020 g/mol. The monoisotopic (exact) mass is 1150 g/mol. The standard InChI is InChI=1S/C77H128O6/c1-4-7-10-13-16-19-22-25-28-29-30-31-32-33-34-35-36-37-38-39-40-41-42-43-44-45-46-47-50-52-55-58-61-64-67-70-76(79)82-73-74(83-77(80)71-68-65-62-59-56-53-49-27-24-21-18-15-12-9-6-3)72-81-75(78)69-66-63-60-57-54-51-48-26-23-20-17-14-11-8-5-2/h7,9-10,12,16,18-19,21,25,27-28,30-31,33-34,36-37,49,56,59,65,68,74H,4-6,8,11,13-15,17,20,22-24,26,29,32,35,38-48,50-55,57-58,60-64,66-67,69-73H2,1-3H3/b10-7-,12-9-,19-16-,21-18-,28-25-,31-30-,34-33-,37-36-,49-27-,59-56-,68-65-. The summed E-state index contributed by atoms with van der Waals surface area (Å²) in [5, 5.41) is 0. The quantitative estimate of drug-likeness (QED) is 0.0261. The van der Waals surface area contributed by atoms with Crippen molar-refractivity contribution in [2.45, 2.75) is 322 Å². The van der Waals surface area contributed by atoms with E-state index in [9.17, 15) is 14.4 Å². The zero-order valence-corrected chi connectivity index (χ0v) is 54.2. The van der Waals surface area contributed by atoms with Gasteiger partial charge in [-0.3, -0.25) is 14.4 Å². The molecule has 0 amide bonds. The van der Waals surface area contributed by atoms with Crippen LogP contribution in [0, 0.1) is 0 Å². The lowest BCUT2D eigenvalue weighted by Crippen LogP contribution is -2.30. The largest absolute Gasteiger partial charge is 0.462 e. The first-order valence-corrected chi connectivity index (χ1v) is 34.7. The molecule has 0 bridgehead atoms. The van der Waals surface area contributed by atoms with Crippen molar-refractivity contribution in [3.63, 3.8) is 0 Å². The van der Waals surface area contributed by atoms with E-state index in [1.807, 2.05) is 6.08 Å². The van der Waals surface area contributed by atoms with E-state index in [-0.39, 0.29) is 31.6 Å². The van der Waals surface area contributed by atoms with Gasteiger partial charge < -0.3 is 14.2 Å². The fourth-order valence-electron chi connectivity index (χ4n) is 9.58. The number of carbonyl (C=O) groups is 3. The minimum absolute atomic E-state index is 0.0964. The number of allylic oxidation sites excluding steroid dienone is 21. The van der Waals surface area contributed by atoms with Crippen LogP contribution >= 0.6 is 0 Å². The third-order valence-corrected chi connectivity index (χ3v) is 14.7. The zero-order chi connectivity index (χ0) is 59.9. The molecule has 0 aliphatic heterocycles. The van der Waals surface area contributed by atoms with Crippen LogP contribution in [0.25, 0.3) is 0 Å². The van der Waals surface area contributed by atoms with E-state index >= 15 is 0 Å². The summed E-state index contributed by atoms with van der Waals surface area (Å²) in [4.78, 5) is 38.3. The normalized spacial score (nSPS) is 13.0. The summed E-state index contributed by atoms with van der Waals surface area (Å²) in [6.45, 7) is 6.35. The first-order valence-electron chi connectivity index (χ1n) is 34.7. The first-order chi connectivity index (χ1) is 41.0. The van der Waals surface area contributed by atoms with Crippen molar-refractivity contribution < 1.29 is 28.6 Å². The highest BCUT2D eigenvalue weighted by atomic mass is 16.6. The van der Waals surface area contributed by atoms with Crippen LogP contribution in [0.5, 0.6) is 0 Å². The third kappa shape index (κ3) is 68.2. The molecule has 0 heterocycles. The predicted molar refractivity (Wildman–Crippen MR) is 362 cm³/mol. The molecule has 0 aromatic rings. The average molecular weight is 1150 g/mol. The van der Waals surface area contributed by atoms with Gasteiger partial charge in [-0.2, -0.15) is 0 Å². The molecule has 1 unspecified atom stereocenters. The highest BCUT2D eigenvalue weighted by molar-refractivity contribution is 5.72. The highest BCUT2D eigenvalue weighted by Gasteiger charge is 2.19. The lowest BCUT2D eigenvalue weighted by Gasteiger charge is -2.18. The molecule has 0 aliphatic rings. The van der Waals surface area contributed by atoms with Gasteiger partial charge >= 0.3 is 17.9 Å². The van der Waals surface area contributed by atoms with Crippen molar-refractivity contribution >= 4 is 17.9 Å². The summed E-state index contributed by atoms with van der Waals surface area (Å²) in [7, 11) is 0. The van der Waals surface area contributed by atoms with Gasteiger partial charge in [0.25, 0.3) is 0 Å². The summed E-state index contributed by atoms with van der Waals surface area (Å²) in [6.07, 6.45) is 99.4. The Morgan fingerprint density at radius 2 is 0.506 bits per heavy atom. The molecule has 0 saturated heterocycles. The molecule has 6 nitrogen and oxygen atoms in total. The van der Waals surface area contributed by atoms with Gasteiger partial charge in [-0.25, -0.2) is 0 Å². The number of rotatable bonds is 62. The molecule has 6 heteroatoms. The first kappa shape index (κ1) is 78.5. The van der Waals surface area contributed by atoms with Crippen LogP contribution in [-0.2, 0) is 28.6 Å². The molecule has 0 aromatic carbocycles. The van der Waals surface area contributed by atoms with Crippen LogP contribution in [0.15, 0.2) is 134 Å². The Labute approximate surface area is 513 Å². The maximum absolute atomic E-state index is 12.8. The lowest BCUT2D eigenvalue weighted by atomic mass is 10.0. The molecule has 0 aromatic heterocycles. The Hall–Kier alpha value is -4.45. The third-order valence-electron chi connectivity index (χ3n) is 14.7. The van der Waals surface area contributed by atoms with Gasteiger partial charge in [0, 0.05) is 12.8 Å². The Morgan fingerprint density at radius 1 is 0.265 bits per heavy atom. The number of hydrogen-bond donors (Lipinski definition) is 0. The predicted octanol–water partition coefficient (Wildman–Crippen LogP) is 24.1. The van der Waals surface area contributed by atoms with E-state index in [1.54, 1.807) is 6.08 Å². The van der Waals surface area contributed by atoms with Crippen LogP contribution < -0.4 is 0 Å². The van der Waals surface area contributed by atoms with E-state index in [4.69, 9.17) is 14.2 Å². The maximum Gasteiger partial charge on any atom is 0.310 e. The zero-order valence-electron chi connectivity index (χ0n) is 54.2. The second-order valence-electron chi connectivity index (χ2n) is 22.7. The summed E-state index contributed by atoms with van der Waals surface area (Å²) in [5.74, 6) is -1.04. The molecule has 0 aliphatic carbocycles. The van der Waals surface area contributed by atoms with Gasteiger partial charge in [-0.1, -0.05) is 334 Å². The molecule has 1 atom stereocenters. The van der Waals surface area contributed by atoms with E-state index in [2.05, 4.69) is 142 Å². The molecule has 0 fully saturated rings. The topological polar surface area (TPSA) is 78.9 Å². The van der Waals surface area contributed by atoms with Crippen molar-refractivity contribution in [3.8, 4) is 0 Å². The summed E-state index contributed by atoms with van der Waals surface area (Å²) < 4.78 is 16.8. The van der Waals surface area contributed by atoms with E-state index in [0.717, 1.165) is 109 Å². The highest BCUT2D eigenvalue weighted by Crippen LogP contribution is 2.17. The maximum atomic E-state index is 12.8. The van der Waals surface area contributed by atoms with Gasteiger partial charge in [0.15, 0.2) is 6.10 Å². The van der Waals surface area contributed by atoms with Gasteiger partial charge in [0.05, 0.1) is 6.42 Å². The SMILES string of the molecule is CC/C=C\C/C=C\C/C=C\C/C=C\C/C=C\C/C=C\CCCCCCCCCCCCCCCCCCC(=O)OCC(COC(=O)CCCCCCCCCCCCCCCCC)OC(=O)C/C=C\C/C=C\C/C=C\C/C=C\C/C=C\CC. The van der Waals surface area contributed by atoms with Crippen molar-refractivity contribution in [1.82, 2.24) is 0 Å². The average Bonchev–Trinajstić information content (AvgIpc) is 3.49. The summed E-state index contributed by atoms with van der Waals surface area (Å²) in [5.41, 5.74) is 0. The minimum atomic E-state index is -0.834. The fraction of sp³-hybridized carbons (Fsp3) is 0.675. The Kier molecular flexibility index (Phi) is 66.3. The van der Waals surface area contributed by atoms with Crippen molar-refractivity contribution in [2.24, 2.45) is 0 Å². The number of unbranched alkanes of at least 4 members (excludes halogenated alkanes) is 30. The van der Waals surface area contributed by atoms with Gasteiger partial charge in [0.1, 0.15) is 13.2 Å². The van der Waals surface area contributed by atoms with Crippen LogP contribution in [0.3, 0.4) is 0 Å². The molecule has 472 valence electrons. The van der Waals surface area contributed by atoms with Gasteiger partial charge in [-0.15, -0.1) is 0 Å². The van der Waals surface area contributed by atoms with Crippen LogP contribution in [0.1, 0.15) is 316 Å². The summed E-state index contributed by atoms with van der Waals surface area (Å²) in [6, 6.07) is 0. The minimum Gasteiger partial charge on any atom is -0.462 e. The van der Waals surface area contributed by atoms with Crippen molar-refractivity contribution in [3.05, 3.63) is 134 Å². The molecule has 83 heavy (non-hydrogen) atoms. The second kappa shape index (κ2) is 70.0. The smallest absolute Gasteiger partial charge is 0.310 e. The molecular formula is C77H128O6. The Balaban J connectivity index is 4.22. The number of ether oxygens (including phenoxy) is 3. The van der Waals surface area contributed by atoms with Gasteiger partial charge in [0.2, 0.25) is 0 Å². The number of esters is 3. The number of carbonyl (C=O) groups excluding carboxylic acids is 3. The van der Waals surface area contributed by atoms with Gasteiger partial charge in [-0.05, 0) is 96.3 Å². The van der Waals surface area contributed by atoms with E-state index in [1.165, 1.54) is 167 Å². The fourth-order valence-corrected chi connectivity index (χ4v) is 9.58. The Morgan fingerprint density at radius 3 is 0.795 bits per heavy atom. The molecule has 0 spiro atoms. The Bertz CT molecular complexity index is 1750. The molecule has 0 rings (SSSR count). The molecule has 0 saturated carbocycles. The van der Waals surface area contributed by atoms with Crippen LogP contribution in [-0.4, -0.2) is 37.2 Å². The van der Waals surface area contributed by atoms with E-state index in [0.29, 0.717) is 12.8 Å². The van der Waals surface area contributed by atoms with Crippen molar-refractivity contribution in [1.29, 1.82) is 0 Å². The van der Waals surface area contributed by atoms with Crippen molar-refractivity contribution in [2.75, 3.05) is 13.2 Å².